The summed E-state index contributed by atoms with van der Waals surface area (Å²) in [5, 5.41) is 3.47. The largest absolute Gasteiger partial charge is 0.375 e. The second-order valence-corrected chi connectivity index (χ2v) is 7.71. The van der Waals surface area contributed by atoms with E-state index in [4.69, 9.17) is 4.74 Å². The zero-order chi connectivity index (χ0) is 14.5. The van der Waals surface area contributed by atoms with Gasteiger partial charge in [-0.1, -0.05) is 6.92 Å². The van der Waals surface area contributed by atoms with Crippen LogP contribution >= 0.6 is 0 Å². The Morgan fingerprint density at radius 2 is 1.48 bits per heavy atom. The highest BCUT2D eigenvalue weighted by Gasteiger charge is 2.26. The maximum absolute atomic E-state index is 6.38. The molecule has 0 aromatic heterocycles. The fraction of sp³-hybridized carbons (Fsp3) is 1.00. The molecule has 0 amide bonds. The maximum atomic E-state index is 6.38. The summed E-state index contributed by atoms with van der Waals surface area (Å²) in [6.45, 7) is 8.69. The molecule has 3 rings (SSSR count). The van der Waals surface area contributed by atoms with E-state index in [2.05, 4.69) is 17.1 Å². The molecule has 0 atom stereocenters. The van der Waals surface area contributed by atoms with E-state index < -0.39 is 0 Å². The first-order chi connectivity index (χ1) is 10.3. The summed E-state index contributed by atoms with van der Waals surface area (Å²) in [6.07, 6.45) is 11.7. The predicted octanol–water partition coefficient (Wildman–Crippen LogP) is 3.05. The molecule has 0 bridgehead atoms. The highest BCUT2D eigenvalue weighted by molar-refractivity contribution is 4.79. The van der Waals surface area contributed by atoms with Gasteiger partial charge in [0.1, 0.15) is 0 Å². The summed E-state index contributed by atoms with van der Waals surface area (Å²) >= 11 is 0. The van der Waals surface area contributed by atoms with Crippen LogP contribution in [0.4, 0.5) is 0 Å². The van der Waals surface area contributed by atoms with Gasteiger partial charge in [-0.3, -0.25) is 0 Å². The Balaban J connectivity index is 1.33. The molecule has 1 aliphatic carbocycles. The summed E-state index contributed by atoms with van der Waals surface area (Å²) in [6, 6.07) is 0. The Morgan fingerprint density at radius 1 is 0.857 bits per heavy atom. The zero-order valence-corrected chi connectivity index (χ0v) is 13.9. The fourth-order valence-corrected chi connectivity index (χ4v) is 4.30. The maximum Gasteiger partial charge on any atom is 0.0603 e. The van der Waals surface area contributed by atoms with Crippen LogP contribution < -0.4 is 5.32 Å². The van der Waals surface area contributed by atoms with Gasteiger partial charge in [0.2, 0.25) is 0 Å². The molecule has 0 radical (unpaired) electrons. The van der Waals surface area contributed by atoms with E-state index in [1.807, 2.05) is 0 Å². The van der Waals surface area contributed by atoms with Crippen LogP contribution in [0.3, 0.4) is 0 Å². The first-order valence-electron chi connectivity index (χ1n) is 9.38. The summed E-state index contributed by atoms with van der Waals surface area (Å²) in [5.74, 6) is 1.86. The molecular weight excluding hydrogens is 260 g/mol. The summed E-state index contributed by atoms with van der Waals surface area (Å²) in [7, 11) is 0. The predicted molar refractivity (Wildman–Crippen MR) is 87.6 cm³/mol. The first-order valence-corrected chi connectivity index (χ1v) is 9.38. The van der Waals surface area contributed by atoms with Crippen LogP contribution in [0.15, 0.2) is 0 Å². The van der Waals surface area contributed by atoms with Crippen LogP contribution in [0, 0.1) is 11.8 Å². The Hall–Kier alpha value is -0.120. The number of ether oxygens (including phenoxy) is 1. The van der Waals surface area contributed by atoms with E-state index in [0.29, 0.717) is 12.2 Å². The van der Waals surface area contributed by atoms with Gasteiger partial charge in [0.05, 0.1) is 12.2 Å². The van der Waals surface area contributed by atoms with Gasteiger partial charge in [-0.2, -0.15) is 0 Å². The van der Waals surface area contributed by atoms with E-state index in [-0.39, 0.29) is 0 Å². The fourth-order valence-electron chi connectivity index (χ4n) is 4.30. The van der Waals surface area contributed by atoms with Gasteiger partial charge in [0.25, 0.3) is 0 Å². The third kappa shape index (κ3) is 4.94. The topological polar surface area (TPSA) is 24.5 Å². The lowest BCUT2D eigenvalue weighted by atomic mass is 9.88. The van der Waals surface area contributed by atoms with Crippen LogP contribution in [-0.4, -0.2) is 49.8 Å². The summed E-state index contributed by atoms with van der Waals surface area (Å²) in [4.78, 5) is 2.69. The second kappa shape index (κ2) is 7.94. The molecule has 3 nitrogen and oxygen atoms in total. The van der Waals surface area contributed by atoms with Crippen LogP contribution in [0.2, 0.25) is 0 Å². The van der Waals surface area contributed by atoms with Crippen molar-refractivity contribution in [3.63, 3.8) is 0 Å². The monoisotopic (exact) mass is 294 g/mol. The minimum absolute atomic E-state index is 0.549. The van der Waals surface area contributed by atoms with Crippen molar-refractivity contribution in [2.24, 2.45) is 11.8 Å². The van der Waals surface area contributed by atoms with Crippen LogP contribution in [-0.2, 0) is 4.74 Å². The van der Waals surface area contributed by atoms with E-state index in [1.165, 1.54) is 84.1 Å². The second-order valence-electron chi connectivity index (χ2n) is 7.71. The van der Waals surface area contributed by atoms with Crippen LogP contribution in [0.25, 0.3) is 0 Å². The first kappa shape index (κ1) is 15.8. The van der Waals surface area contributed by atoms with Gasteiger partial charge >= 0.3 is 0 Å². The molecule has 122 valence electrons. The molecule has 0 aromatic rings. The number of nitrogens with zero attached hydrogens (tertiary/aromatic N) is 1. The molecule has 2 aliphatic heterocycles. The lowest BCUT2D eigenvalue weighted by Gasteiger charge is -2.37. The average molecular weight is 294 g/mol. The number of piperidine rings is 2. The average Bonchev–Trinajstić information content (AvgIpc) is 2.53. The van der Waals surface area contributed by atoms with Crippen LogP contribution in [0.5, 0.6) is 0 Å². The van der Waals surface area contributed by atoms with E-state index in [1.54, 1.807) is 0 Å². The molecule has 0 unspecified atom stereocenters. The van der Waals surface area contributed by atoms with Crippen molar-refractivity contribution in [1.29, 1.82) is 0 Å². The van der Waals surface area contributed by atoms with E-state index in [0.717, 1.165) is 11.8 Å². The Morgan fingerprint density at radius 3 is 2.14 bits per heavy atom. The van der Waals surface area contributed by atoms with Crippen molar-refractivity contribution in [2.75, 3.05) is 32.7 Å². The van der Waals surface area contributed by atoms with E-state index >= 15 is 0 Å². The minimum Gasteiger partial charge on any atom is -0.375 e. The smallest absolute Gasteiger partial charge is 0.0603 e. The van der Waals surface area contributed by atoms with E-state index in [9.17, 15) is 0 Å². The summed E-state index contributed by atoms with van der Waals surface area (Å²) in [5.41, 5.74) is 0. The standard InChI is InChI=1S/C18H34N2O/c1-15-2-4-17(5-3-15)21-18-8-12-20(13-9-18)14-16-6-10-19-11-7-16/h15-19H,2-14H2,1H3. The van der Waals surface area contributed by atoms with Crippen molar-refractivity contribution in [2.45, 2.75) is 70.5 Å². The van der Waals surface area contributed by atoms with Crippen molar-refractivity contribution < 1.29 is 4.74 Å². The third-order valence-electron chi connectivity index (χ3n) is 5.86. The lowest BCUT2D eigenvalue weighted by molar-refractivity contribution is -0.0614. The normalized spacial score (nSPS) is 34.1. The van der Waals surface area contributed by atoms with Gasteiger partial charge in [0.15, 0.2) is 0 Å². The van der Waals surface area contributed by atoms with Gasteiger partial charge < -0.3 is 15.0 Å². The molecule has 21 heavy (non-hydrogen) atoms. The number of hydrogen-bond acceptors (Lipinski definition) is 3. The Kier molecular flexibility index (Phi) is 5.96. The summed E-state index contributed by atoms with van der Waals surface area (Å²) < 4.78 is 6.38. The quantitative estimate of drug-likeness (QED) is 0.862. The van der Waals surface area contributed by atoms with Crippen molar-refractivity contribution in [3.05, 3.63) is 0 Å². The van der Waals surface area contributed by atoms with Crippen LogP contribution in [0.1, 0.15) is 58.3 Å². The minimum atomic E-state index is 0.549. The Labute approximate surface area is 130 Å². The van der Waals surface area contributed by atoms with Gasteiger partial charge in [-0.25, -0.2) is 0 Å². The van der Waals surface area contributed by atoms with Crippen molar-refractivity contribution in [1.82, 2.24) is 10.2 Å². The van der Waals surface area contributed by atoms with Gasteiger partial charge in [-0.15, -0.1) is 0 Å². The molecule has 3 aliphatic rings. The molecule has 2 heterocycles. The molecule has 3 heteroatoms. The molecule has 1 saturated carbocycles. The molecule has 3 fully saturated rings. The van der Waals surface area contributed by atoms with Gasteiger partial charge in [-0.05, 0) is 76.3 Å². The molecule has 0 aromatic carbocycles. The SMILES string of the molecule is CC1CCC(OC2CCN(CC3CCNCC3)CC2)CC1. The van der Waals surface area contributed by atoms with Crippen molar-refractivity contribution >= 4 is 0 Å². The number of nitrogens with one attached hydrogen (secondary N) is 1. The highest BCUT2D eigenvalue weighted by atomic mass is 16.5. The van der Waals surface area contributed by atoms with Gasteiger partial charge in [0, 0.05) is 19.6 Å². The zero-order valence-electron chi connectivity index (χ0n) is 13.9. The lowest BCUT2D eigenvalue weighted by Crippen LogP contribution is -2.42. The molecule has 2 saturated heterocycles. The number of rotatable bonds is 4. The number of likely N-dealkylation sites (tertiary alicyclic amines) is 1. The molecule has 0 spiro atoms. The highest BCUT2D eigenvalue weighted by Crippen LogP contribution is 2.28. The molecule has 1 N–H and O–H groups in total. The van der Waals surface area contributed by atoms with Crippen molar-refractivity contribution in [3.8, 4) is 0 Å². The Bertz CT molecular complexity index is 288. The third-order valence-corrected chi connectivity index (χ3v) is 5.86. The number of hydrogen-bond donors (Lipinski definition) is 1. The molecular formula is C18H34N2O.